The monoisotopic (exact) mass is 314 g/mol. The van der Waals surface area contributed by atoms with E-state index in [2.05, 4.69) is 5.32 Å². The Hall–Kier alpha value is -2.33. The fourth-order valence-electron chi connectivity index (χ4n) is 2.65. The second kappa shape index (κ2) is 5.81. The van der Waals surface area contributed by atoms with Crippen LogP contribution < -0.4 is 10.2 Å². The number of benzene rings is 2. The lowest BCUT2D eigenvalue weighted by molar-refractivity contribution is -0.114. The number of carbonyl (C=O) groups excluding carboxylic acids is 2. The average Bonchev–Trinajstić information content (AvgIpc) is 2.89. The van der Waals surface area contributed by atoms with E-state index in [0.717, 1.165) is 17.7 Å². The minimum absolute atomic E-state index is 0.0896. The zero-order chi connectivity index (χ0) is 15.7. The summed E-state index contributed by atoms with van der Waals surface area (Å²) in [7, 11) is 0. The van der Waals surface area contributed by atoms with Gasteiger partial charge in [-0.05, 0) is 42.3 Å². The summed E-state index contributed by atoms with van der Waals surface area (Å²) in [6.07, 6.45) is 0.823. The van der Waals surface area contributed by atoms with Crippen LogP contribution >= 0.6 is 11.6 Å². The molecular formula is C17H15ClN2O2. The van der Waals surface area contributed by atoms with Crippen molar-refractivity contribution in [3.63, 3.8) is 0 Å². The van der Waals surface area contributed by atoms with E-state index in [1.54, 1.807) is 29.2 Å². The normalized spacial score (nSPS) is 12.9. The van der Waals surface area contributed by atoms with Gasteiger partial charge in [0.1, 0.15) is 0 Å². The quantitative estimate of drug-likeness (QED) is 0.922. The van der Waals surface area contributed by atoms with Crippen molar-refractivity contribution in [1.82, 2.24) is 0 Å². The highest BCUT2D eigenvalue weighted by Crippen LogP contribution is 2.32. The molecule has 0 radical (unpaired) electrons. The van der Waals surface area contributed by atoms with Gasteiger partial charge in [-0.3, -0.25) is 9.59 Å². The van der Waals surface area contributed by atoms with Crippen molar-refractivity contribution in [1.29, 1.82) is 0 Å². The standard InChI is InChI=1S/C17H15ClN2O2/c1-11(21)19-15-4-2-3-13(9-15)17(22)20-8-7-12-5-6-14(18)10-16(12)20/h2-6,9-10H,7-8H2,1H3,(H,19,21). The van der Waals surface area contributed by atoms with Gasteiger partial charge in [-0.1, -0.05) is 23.7 Å². The van der Waals surface area contributed by atoms with Gasteiger partial charge in [0, 0.05) is 35.4 Å². The van der Waals surface area contributed by atoms with Gasteiger partial charge < -0.3 is 10.2 Å². The van der Waals surface area contributed by atoms with E-state index in [-0.39, 0.29) is 11.8 Å². The SMILES string of the molecule is CC(=O)Nc1cccc(C(=O)N2CCc3ccc(Cl)cc32)c1. The summed E-state index contributed by atoms with van der Waals surface area (Å²) in [4.78, 5) is 25.6. The number of hydrogen-bond donors (Lipinski definition) is 1. The van der Waals surface area contributed by atoms with Crippen LogP contribution in [0.25, 0.3) is 0 Å². The molecule has 5 heteroatoms. The zero-order valence-electron chi connectivity index (χ0n) is 12.1. The van der Waals surface area contributed by atoms with Crippen LogP contribution in [0.3, 0.4) is 0 Å². The molecule has 0 atom stereocenters. The summed E-state index contributed by atoms with van der Waals surface area (Å²) >= 11 is 6.04. The molecule has 112 valence electrons. The highest BCUT2D eigenvalue weighted by molar-refractivity contribution is 6.31. The first kappa shape index (κ1) is 14.6. The first-order valence-electron chi connectivity index (χ1n) is 7.02. The molecule has 0 fully saturated rings. The highest BCUT2D eigenvalue weighted by atomic mass is 35.5. The van der Waals surface area contributed by atoms with Crippen molar-refractivity contribution in [2.75, 3.05) is 16.8 Å². The van der Waals surface area contributed by atoms with E-state index < -0.39 is 0 Å². The average molecular weight is 315 g/mol. The summed E-state index contributed by atoms with van der Waals surface area (Å²) in [5.41, 5.74) is 3.14. The van der Waals surface area contributed by atoms with Crippen molar-refractivity contribution in [2.24, 2.45) is 0 Å². The molecule has 1 aliphatic rings. The van der Waals surface area contributed by atoms with E-state index in [0.29, 0.717) is 22.8 Å². The molecule has 1 heterocycles. The highest BCUT2D eigenvalue weighted by Gasteiger charge is 2.25. The maximum absolute atomic E-state index is 12.7. The molecule has 1 aliphatic heterocycles. The second-order valence-corrected chi connectivity index (χ2v) is 5.68. The number of anilines is 2. The van der Waals surface area contributed by atoms with Gasteiger partial charge in [0.25, 0.3) is 5.91 Å². The topological polar surface area (TPSA) is 49.4 Å². The second-order valence-electron chi connectivity index (χ2n) is 5.24. The van der Waals surface area contributed by atoms with E-state index in [9.17, 15) is 9.59 Å². The van der Waals surface area contributed by atoms with Gasteiger partial charge in [0.15, 0.2) is 0 Å². The smallest absolute Gasteiger partial charge is 0.258 e. The minimum Gasteiger partial charge on any atom is -0.326 e. The van der Waals surface area contributed by atoms with Crippen LogP contribution in [0.2, 0.25) is 5.02 Å². The first-order valence-corrected chi connectivity index (χ1v) is 7.40. The van der Waals surface area contributed by atoms with E-state index >= 15 is 0 Å². The molecule has 2 aromatic rings. The van der Waals surface area contributed by atoms with Crippen molar-refractivity contribution >= 4 is 34.8 Å². The van der Waals surface area contributed by atoms with Crippen LogP contribution in [0.4, 0.5) is 11.4 Å². The Morgan fingerprint density at radius 3 is 2.77 bits per heavy atom. The Kier molecular flexibility index (Phi) is 3.86. The molecule has 0 saturated heterocycles. The first-order chi connectivity index (χ1) is 10.5. The van der Waals surface area contributed by atoms with Crippen molar-refractivity contribution in [3.05, 3.63) is 58.6 Å². The molecule has 2 amide bonds. The number of nitrogens with one attached hydrogen (secondary N) is 1. The molecule has 0 saturated carbocycles. The molecule has 0 aromatic heterocycles. The van der Waals surface area contributed by atoms with Crippen LogP contribution in [0.5, 0.6) is 0 Å². The number of halogens is 1. The number of nitrogens with zero attached hydrogens (tertiary/aromatic N) is 1. The number of hydrogen-bond acceptors (Lipinski definition) is 2. The largest absolute Gasteiger partial charge is 0.326 e. The Balaban J connectivity index is 1.90. The summed E-state index contributed by atoms with van der Waals surface area (Å²) in [5.74, 6) is -0.254. The van der Waals surface area contributed by atoms with Crippen LogP contribution in [-0.2, 0) is 11.2 Å². The van der Waals surface area contributed by atoms with Gasteiger partial charge in [-0.15, -0.1) is 0 Å². The Morgan fingerprint density at radius 1 is 1.18 bits per heavy atom. The number of carbonyl (C=O) groups is 2. The third kappa shape index (κ3) is 2.83. The molecule has 0 bridgehead atoms. The molecule has 3 rings (SSSR count). The molecule has 2 aromatic carbocycles. The Morgan fingerprint density at radius 2 is 2.00 bits per heavy atom. The lowest BCUT2D eigenvalue weighted by Crippen LogP contribution is -2.28. The minimum atomic E-state index is -0.164. The summed E-state index contributed by atoms with van der Waals surface area (Å²) in [6, 6.07) is 12.6. The van der Waals surface area contributed by atoms with Crippen LogP contribution in [-0.4, -0.2) is 18.4 Å². The molecule has 0 aliphatic carbocycles. The summed E-state index contributed by atoms with van der Waals surface area (Å²) in [6.45, 7) is 2.08. The molecule has 22 heavy (non-hydrogen) atoms. The van der Waals surface area contributed by atoms with Gasteiger partial charge in [-0.25, -0.2) is 0 Å². The summed E-state index contributed by atoms with van der Waals surface area (Å²) < 4.78 is 0. The maximum Gasteiger partial charge on any atom is 0.258 e. The fourth-order valence-corrected chi connectivity index (χ4v) is 2.82. The zero-order valence-corrected chi connectivity index (χ0v) is 12.9. The number of fused-ring (bicyclic) bond motifs is 1. The third-order valence-electron chi connectivity index (χ3n) is 3.62. The van der Waals surface area contributed by atoms with E-state index in [1.165, 1.54) is 6.92 Å². The maximum atomic E-state index is 12.7. The third-order valence-corrected chi connectivity index (χ3v) is 3.85. The predicted molar refractivity (Wildman–Crippen MR) is 87.6 cm³/mol. The lowest BCUT2D eigenvalue weighted by Gasteiger charge is -2.18. The molecule has 0 unspecified atom stereocenters. The van der Waals surface area contributed by atoms with Gasteiger partial charge in [0.05, 0.1) is 0 Å². The number of amides is 2. The lowest BCUT2D eigenvalue weighted by atomic mass is 10.1. The van der Waals surface area contributed by atoms with E-state index in [1.807, 2.05) is 18.2 Å². The molecule has 1 N–H and O–H groups in total. The van der Waals surface area contributed by atoms with Crippen LogP contribution in [0.1, 0.15) is 22.8 Å². The van der Waals surface area contributed by atoms with Crippen LogP contribution in [0, 0.1) is 0 Å². The Labute approximate surface area is 133 Å². The van der Waals surface area contributed by atoms with Crippen LogP contribution in [0.15, 0.2) is 42.5 Å². The predicted octanol–water partition coefficient (Wildman–Crippen LogP) is 3.50. The van der Waals surface area contributed by atoms with Gasteiger partial charge >= 0.3 is 0 Å². The van der Waals surface area contributed by atoms with Crippen molar-refractivity contribution in [3.8, 4) is 0 Å². The van der Waals surface area contributed by atoms with Gasteiger partial charge in [0.2, 0.25) is 5.91 Å². The van der Waals surface area contributed by atoms with Gasteiger partial charge in [-0.2, -0.15) is 0 Å². The van der Waals surface area contributed by atoms with Crippen molar-refractivity contribution < 1.29 is 9.59 Å². The molecular weight excluding hydrogens is 300 g/mol. The Bertz CT molecular complexity index is 758. The van der Waals surface area contributed by atoms with E-state index in [4.69, 9.17) is 11.6 Å². The molecule has 0 spiro atoms. The molecule has 4 nitrogen and oxygen atoms in total. The fraction of sp³-hybridized carbons (Fsp3) is 0.176. The van der Waals surface area contributed by atoms with Crippen molar-refractivity contribution in [2.45, 2.75) is 13.3 Å². The number of rotatable bonds is 2. The summed E-state index contributed by atoms with van der Waals surface area (Å²) in [5, 5.41) is 3.30.